The number of carbonyl (C=O) groups is 2. The molecule has 0 aromatic heterocycles. The van der Waals surface area contributed by atoms with Gasteiger partial charge < -0.3 is 15.3 Å². The van der Waals surface area contributed by atoms with E-state index >= 15 is 0 Å². The van der Waals surface area contributed by atoms with Crippen molar-refractivity contribution < 1.29 is 14.7 Å². The van der Waals surface area contributed by atoms with Gasteiger partial charge in [0.15, 0.2) is 0 Å². The first-order valence-electron chi connectivity index (χ1n) is 6.15. The van der Waals surface area contributed by atoms with E-state index in [0.29, 0.717) is 12.1 Å². The summed E-state index contributed by atoms with van der Waals surface area (Å²) in [4.78, 5) is 23.8. The summed E-state index contributed by atoms with van der Waals surface area (Å²) in [6.07, 6.45) is -0.122. The van der Waals surface area contributed by atoms with E-state index in [2.05, 4.69) is 5.32 Å². The van der Waals surface area contributed by atoms with Crippen molar-refractivity contribution in [2.75, 3.05) is 7.05 Å². The molecule has 0 radical (unpaired) electrons. The molecule has 1 atom stereocenters. The molecule has 1 rings (SSSR count). The Morgan fingerprint density at radius 3 is 2.80 bits per heavy atom. The molecular weight excluding hydrogens is 258 g/mol. The van der Waals surface area contributed by atoms with Crippen molar-refractivity contribution in [2.24, 2.45) is 0 Å². The molecule has 0 fully saturated rings. The van der Waals surface area contributed by atoms with Crippen LogP contribution in [0, 0.1) is 11.3 Å². The van der Waals surface area contributed by atoms with Crippen LogP contribution in [0.2, 0.25) is 0 Å². The van der Waals surface area contributed by atoms with Crippen molar-refractivity contribution in [3.63, 3.8) is 0 Å². The second-order valence-electron chi connectivity index (χ2n) is 4.62. The molecule has 0 saturated heterocycles. The third-order valence-electron chi connectivity index (χ3n) is 2.67. The highest BCUT2D eigenvalue weighted by molar-refractivity contribution is 5.75. The Morgan fingerprint density at radius 1 is 1.50 bits per heavy atom. The first-order valence-corrected chi connectivity index (χ1v) is 6.15. The van der Waals surface area contributed by atoms with E-state index in [-0.39, 0.29) is 12.5 Å². The highest BCUT2D eigenvalue weighted by Gasteiger charge is 2.14. The van der Waals surface area contributed by atoms with Gasteiger partial charge in [-0.3, -0.25) is 4.79 Å². The van der Waals surface area contributed by atoms with Crippen molar-refractivity contribution in [1.82, 2.24) is 10.2 Å². The van der Waals surface area contributed by atoms with Gasteiger partial charge in [-0.05, 0) is 24.6 Å². The summed E-state index contributed by atoms with van der Waals surface area (Å²) in [6.45, 7) is 1.98. The molecule has 6 heteroatoms. The van der Waals surface area contributed by atoms with E-state index in [1.807, 2.05) is 12.1 Å². The highest BCUT2D eigenvalue weighted by Crippen LogP contribution is 2.07. The summed E-state index contributed by atoms with van der Waals surface area (Å²) in [5, 5.41) is 20.0. The van der Waals surface area contributed by atoms with Crippen LogP contribution in [0.4, 0.5) is 4.79 Å². The maximum Gasteiger partial charge on any atom is 0.317 e. The number of carboxylic acid groups (broad SMARTS) is 1. The maximum atomic E-state index is 11.9. The molecule has 1 unspecified atom stereocenters. The second-order valence-corrected chi connectivity index (χ2v) is 4.62. The van der Waals surface area contributed by atoms with Crippen LogP contribution < -0.4 is 5.32 Å². The van der Waals surface area contributed by atoms with Crippen molar-refractivity contribution in [1.29, 1.82) is 5.26 Å². The van der Waals surface area contributed by atoms with Crippen molar-refractivity contribution in [2.45, 2.75) is 25.9 Å². The minimum absolute atomic E-state index is 0.122. The van der Waals surface area contributed by atoms with Gasteiger partial charge in [-0.15, -0.1) is 0 Å². The van der Waals surface area contributed by atoms with Gasteiger partial charge in [-0.25, -0.2) is 4.79 Å². The van der Waals surface area contributed by atoms with Gasteiger partial charge in [0.25, 0.3) is 0 Å². The number of aliphatic carboxylic acids is 1. The third-order valence-corrected chi connectivity index (χ3v) is 2.67. The van der Waals surface area contributed by atoms with Crippen LogP contribution in [0.1, 0.15) is 24.5 Å². The Kier molecular flexibility index (Phi) is 5.54. The molecule has 0 bridgehead atoms. The van der Waals surface area contributed by atoms with Crippen LogP contribution in [0.3, 0.4) is 0 Å². The molecule has 0 aliphatic carbocycles. The highest BCUT2D eigenvalue weighted by atomic mass is 16.4. The van der Waals surface area contributed by atoms with Crippen LogP contribution in [-0.4, -0.2) is 35.1 Å². The minimum Gasteiger partial charge on any atom is -0.481 e. The Morgan fingerprint density at radius 2 is 2.20 bits per heavy atom. The molecule has 20 heavy (non-hydrogen) atoms. The zero-order valence-electron chi connectivity index (χ0n) is 11.5. The van der Waals surface area contributed by atoms with Gasteiger partial charge >= 0.3 is 12.0 Å². The summed E-state index contributed by atoms with van der Waals surface area (Å²) < 4.78 is 0. The normalized spacial score (nSPS) is 11.2. The number of nitrogens with zero attached hydrogens (tertiary/aromatic N) is 2. The average Bonchev–Trinajstić information content (AvgIpc) is 2.37. The molecule has 0 aliphatic rings. The number of benzene rings is 1. The smallest absolute Gasteiger partial charge is 0.317 e. The van der Waals surface area contributed by atoms with Crippen molar-refractivity contribution in [3.8, 4) is 6.07 Å². The number of rotatable bonds is 5. The monoisotopic (exact) mass is 275 g/mol. The average molecular weight is 275 g/mol. The largest absolute Gasteiger partial charge is 0.481 e. The number of nitriles is 1. The molecule has 1 aromatic carbocycles. The number of nitrogens with one attached hydrogen (secondary N) is 1. The summed E-state index contributed by atoms with van der Waals surface area (Å²) >= 11 is 0. The molecule has 0 spiro atoms. The number of hydrogen-bond donors (Lipinski definition) is 2. The lowest BCUT2D eigenvalue weighted by atomic mass is 10.1. The quantitative estimate of drug-likeness (QED) is 0.852. The van der Waals surface area contributed by atoms with Crippen LogP contribution in [0.15, 0.2) is 24.3 Å². The number of carboxylic acids is 1. The summed E-state index contributed by atoms with van der Waals surface area (Å²) in [7, 11) is 1.61. The summed E-state index contributed by atoms with van der Waals surface area (Å²) in [5.41, 5.74) is 1.38. The molecule has 0 saturated carbocycles. The second kappa shape index (κ2) is 7.14. The molecule has 106 valence electrons. The van der Waals surface area contributed by atoms with Crippen LogP contribution >= 0.6 is 0 Å². The lowest BCUT2D eigenvalue weighted by Crippen LogP contribution is -2.42. The van der Waals surface area contributed by atoms with Gasteiger partial charge in [-0.1, -0.05) is 12.1 Å². The Bertz CT molecular complexity index is 537. The van der Waals surface area contributed by atoms with E-state index in [9.17, 15) is 9.59 Å². The topological polar surface area (TPSA) is 93.4 Å². The van der Waals surface area contributed by atoms with Crippen molar-refractivity contribution >= 4 is 12.0 Å². The Hall–Kier alpha value is -2.55. The molecule has 6 nitrogen and oxygen atoms in total. The fourth-order valence-corrected chi connectivity index (χ4v) is 1.72. The first-order chi connectivity index (χ1) is 9.42. The number of hydrogen-bond acceptors (Lipinski definition) is 3. The van der Waals surface area contributed by atoms with Crippen molar-refractivity contribution in [3.05, 3.63) is 35.4 Å². The Balaban J connectivity index is 2.57. The van der Waals surface area contributed by atoms with E-state index in [0.717, 1.165) is 5.56 Å². The van der Waals surface area contributed by atoms with Gasteiger partial charge in [0, 0.05) is 19.6 Å². The van der Waals surface area contributed by atoms with E-state index < -0.39 is 12.0 Å². The van der Waals surface area contributed by atoms with Crippen LogP contribution in [0.25, 0.3) is 0 Å². The molecule has 0 heterocycles. The Labute approximate surface area is 117 Å². The number of carbonyl (C=O) groups excluding carboxylic acids is 1. The van der Waals surface area contributed by atoms with Crippen LogP contribution in [0.5, 0.6) is 0 Å². The first kappa shape index (κ1) is 15.5. The van der Waals surface area contributed by atoms with Gasteiger partial charge in [0.1, 0.15) is 0 Å². The van der Waals surface area contributed by atoms with E-state index in [4.69, 9.17) is 10.4 Å². The predicted octanol–water partition coefficient (Wildman–Crippen LogP) is 1.56. The summed E-state index contributed by atoms with van der Waals surface area (Å²) in [5.74, 6) is -0.956. The zero-order chi connectivity index (χ0) is 15.1. The molecule has 2 amide bonds. The van der Waals surface area contributed by atoms with Gasteiger partial charge in [-0.2, -0.15) is 5.26 Å². The predicted molar refractivity (Wildman–Crippen MR) is 72.9 cm³/mol. The zero-order valence-corrected chi connectivity index (χ0v) is 11.5. The third kappa shape index (κ3) is 4.98. The molecular formula is C14H17N3O3. The summed E-state index contributed by atoms with van der Waals surface area (Å²) in [6, 6.07) is 8.24. The number of urea groups is 1. The molecule has 0 aliphatic heterocycles. The number of amides is 2. The maximum absolute atomic E-state index is 11.9. The lowest BCUT2D eigenvalue weighted by molar-refractivity contribution is -0.137. The van der Waals surface area contributed by atoms with Gasteiger partial charge in [0.05, 0.1) is 18.1 Å². The SMILES string of the molecule is CC(CC(=O)O)NC(=O)N(C)Cc1cccc(C#N)c1. The van der Waals surface area contributed by atoms with E-state index in [1.54, 1.807) is 32.2 Å². The molecule has 2 N–H and O–H groups in total. The van der Waals surface area contributed by atoms with Gasteiger partial charge in [0.2, 0.25) is 0 Å². The van der Waals surface area contributed by atoms with Crippen LogP contribution in [-0.2, 0) is 11.3 Å². The fourth-order valence-electron chi connectivity index (χ4n) is 1.72. The standard InChI is InChI=1S/C14H17N3O3/c1-10(6-13(18)19)16-14(20)17(2)9-12-5-3-4-11(7-12)8-15/h3-5,7,10H,6,9H2,1-2H3,(H,16,20)(H,18,19). The van der Waals surface area contributed by atoms with E-state index in [1.165, 1.54) is 4.90 Å². The fraction of sp³-hybridized carbons (Fsp3) is 0.357. The minimum atomic E-state index is -0.956. The molecule has 1 aromatic rings. The lowest BCUT2D eigenvalue weighted by Gasteiger charge is -2.20.